The molecule has 1 aromatic rings. The van der Waals surface area contributed by atoms with Crippen LogP contribution in [0.5, 0.6) is 0 Å². The standard InChI is InChI=1S/C19H30N4O3S.ClH/c1-4-12(2)16(17(21)24)23-19(26)15(10-13-8-6-5-7-9-13)22-18(25)14(20)11-27-3;/h5-9,12,14-16H,4,10-11,20H2,1-3H3,(H2,21,24)(H,22,25)(H,23,26);1H. The molecule has 0 saturated heterocycles. The van der Waals surface area contributed by atoms with Gasteiger partial charge in [0.05, 0.1) is 6.04 Å². The Balaban J connectivity index is 0.00000729. The van der Waals surface area contributed by atoms with Crippen molar-refractivity contribution in [2.45, 2.75) is 44.8 Å². The summed E-state index contributed by atoms with van der Waals surface area (Å²) >= 11 is 1.45. The highest BCUT2D eigenvalue weighted by atomic mass is 35.5. The van der Waals surface area contributed by atoms with Gasteiger partial charge in [0.2, 0.25) is 17.7 Å². The van der Waals surface area contributed by atoms with Crippen molar-refractivity contribution in [1.29, 1.82) is 0 Å². The van der Waals surface area contributed by atoms with Gasteiger partial charge in [-0.2, -0.15) is 11.8 Å². The van der Waals surface area contributed by atoms with Gasteiger partial charge in [0.25, 0.3) is 0 Å². The molecule has 0 bridgehead atoms. The number of hydrogen-bond donors (Lipinski definition) is 4. The van der Waals surface area contributed by atoms with E-state index in [9.17, 15) is 14.4 Å². The van der Waals surface area contributed by atoms with Gasteiger partial charge in [-0.3, -0.25) is 14.4 Å². The number of amides is 3. The number of carbonyl (C=O) groups excluding carboxylic acids is 3. The normalized spacial score (nSPS) is 14.7. The summed E-state index contributed by atoms with van der Waals surface area (Å²) in [6.07, 6.45) is 2.82. The largest absolute Gasteiger partial charge is 0.368 e. The van der Waals surface area contributed by atoms with Gasteiger partial charge in [-0.05, 0) is 17.7 Å². The summed E-state index contributed by atoms with van der Waals surface area (Å²) in [6, 6.07) is 6.97. The fourth-order valence-electron chi connectivity index (χ4n) is 2.58. The third-order valence-corrected chi connectivity index (χ3v) is 5.11. The zero-order chi connectivity index (χ0) is 20.4. The molecule has 0 spiro atoms. The van der Waals surface area contributed by atoms with Crippen LogP contribution >= 0.6 is 24.2 Å². The molecule has 7 nitrogen and oxygen atoms in total. The van der Waals surface area contributed by atoms with Gasteiger partial charge in [-0.25, -0.2) is 0 Å². The van der Waals surface area contributed by atoms with Crippen LogP contribution in [0.25, 0.3) is 0 Å². The third kappa shape index (κ3) is 8.50. The Bertz CT molecular complexity index is 633. The van der Waals surface area contributed by atoms with E-state index in [1.54, 1.807) is 0 Å². The van der Waals surface area contributed by atoms with Crippen LogP contribution in [-0.4, -0.2) is 47.9 Å². The van der Waals surface area contributed by atoms with Crippen LogP contribution < -0.4 is 22.1 Å². The zero-order valence-electron chi connectivity index (χ0n) is 16.5. The van der Waals surface area contributed by atoms with Crippen molar-refractivity contribution >= 4 is 41.9 Å². The third-order valence-electron chi connectivity index (χ3n) is 4.42. The predicted molar refractivity (Wildman–Crippen MR) is 116 cm³/mol. The minimum Gasteiger partial charge on any atom is -0.368 e. The average Bonchev–Trinajstić information content (AvgIpc) is 2.65. The Morgan fingerprint density at radius 2 is 1.71 bits per heavy atom. The molecule has 0 saturated carbocycles. The minimum atomic E-state index is -0.848. The number of hydrogen-bond acceptors (Lipinski definition) is 5. The van der Waals surface area contributed by atoms with Crippen molar-refractivity contribution < 1.29 is 14.4 Å². The second-order valence-electron chi connectivity index (χ2n) is 6.59. The van der Waals surface area contributed by atoms with Crippen molar-refractivity contribution in [2.75, 3.05) is 12.0 Å². The first kappa shape index (κ1) is 26.2. The summed E-state index contributed by atoms with van der Waals surface area (Å²) in [4.78, 5) is 36.9. The second kappa shape index (κ2) is 13.4. The molecule has 6 N–H and O–H groups in total. The summed E-state index contributed by atoms with van der Waals surface area (Å²) in [5.41, 5.74) is 12.2. The van der Waals surface area contributed by atoms with Crippen LogP contribution in [0.1, 0.15) is 25.8 Å². The maximum Gasteiger partial charge on any atom is 0.243 e. The maximum atomic E-state index is 12.8. The first-order chi connectivity index (χ1) is 12.8. The Labute approximate surface area is 177 Å². The van der Waals surface area contributed by atoms with Crippen molar-refractivity contribution in [3.63, 3.8) is 0 Å². The molecule has 9 heteroatoms. The van der Waals surface area contributed by atoms with Gasteiger partial charge in [0, 0.05) is 12.2 Å². The van der Waals surface area contributed by atoms with E-state index in [1.165, 1.54) is 11.8 Å². The van der Waals surface area contributed by atoms with Gasteiger partial charge in [0.1, 0.15) is 12.1 Å². The molecule has 0 aliphatic heterocycles. The van der Waals surface area contributed by atoms with Gasteiger partial charge in [-0.15, -0.1) is 12.4 Å². The molecule has 158 valence electrons. The summed E-state index contributed by atoms with van der Waals surface area (Å²) in [7, 11) is 0. The van der Waals surface area contributed by atoms with Gasteiger partial charge < -0.3 is 22.1 Å². The molecule has 4 atom stereocenters. The maximum absolute atomic E-state index is 12.8. The summed E-state index contributed by atoms with van der Waals surface area (Å²) in [5, 5.41) is 5.40. The number of benzene rings is 1. The van der Waals surface area contributed by atoms with Crippen LogP contribution in [0.3, 0.4) is 0 Å². The summed E-state index contributed by atoms with van der Waals surface area (Å²) in [6.45, 7) is 3.76. The lowest BCUT2D eigenvalue weighted by atomic mass is 9.97. The lowest BCUT2D eigenvalue weighted by molar-refractivity contribution is -0.132. The van der Waals surface area contributed by atoms with Gasteiger partial charge >= 0.3 is 0 Å². The summed E-state index contributed by atoms with van der Waals surface area (Å²) < 4.78 is 0. The molecule has 1 rings (SSSR count). The zero-order valence-corrected chi connectivity index (χ0v) is 18.1. The Hall–Kier alpha value is -1.77. The van der Waals surface area contributed by atoms with E-state index in [0.29, 0.717) is 12.2 Å². The van der Waals surface area contributed by atoms with Crippen molar-refractivity contribution in [2.24, 2.45) is 17.4 Å². The van der Waals surface area contributed by atoms with Crippen molar-refractivity contribution in [1.82, 2.24) is 10.6 Å². The number of thioether (sulfide) groups is 1. The number of halogens is 1. The van der Waals surface area contributed by atoms with E-state index in [4.69, 9.17) is 11.5 Å². The van der Waals surface area contributed by atoms with Gasteiger partial charge in [-0.1, -0.05) is 50.6 Å². The predicted octanol–water partition coefficient (Wildman–Crippen LogP) is 0.842. The first-order valence-electron chi connectivity index (χ1n) is 8.98. The minimum absolute atomic E-state index is 0. The van der Waals surface area contributed by atoms with Crippen LogP contribution in [-0.2, 0) is 20.8 Å². The molecule has 1 aromatic carbocycles. The van der Waals surface area contributed by atoms with Crippen LogP contribution in [0.2, 0.25) is 0 Å². The van der Waals surface area contributed by atoms with E-state index < -0.39 is 35.8 Å². The summed E-state index contributed by atoms with van der Waals surface area (Å²) in [5.74, 6) is -1.12. The Kier molecular flexibility index (Phi) is 12.6. The SMILES string of the molecule is CCC(C)C(NC(=O)C(Cc1ccccc1)NC(=O)C(N)CSC)C(N)=O.Cl. The Morgan fingerprint density at radius 3 is 2.21 bits per heavy atom. The van der Waals surface area contributed by atoms with Crippen molar-refractivity contribution in [3.05, 3.63) is 35.9 Å². The van der Waals surface area contributed by atoms with E-state index in [-0.39, 0.29) is 24.7 Å². The fraction of sp³-hybridized carbons (Fsp3) is 0.526. The molecule has 0 radical (unpaired) electrons. The monoisotopic (exact) mass is 430 g/mol. The fourth-order valence-corrected chi connectivity index (χ4v) is 3.09. The van der Waals surface area contributed by atoms with Crippen LogP contribution in [0, 0.1) is 5.92 Å². The van der Waals surface area contributed by atoms with Crippen LogP contribution in [0.4, 0.5) is 0 Å². The van der Waals surface area contributed by atoms with E-state index in [2.05, 4.69) is 10.6 Å². The average molecular weight is 431 g/mol. The molecule has 4 unspecified atom stereocenters. The highest BCUT2D eigenvalue weighted by Gasteiger charge is 2.29. The molecule has 0 heterocycles. The molecule has 3 amide bonds. The smallest absolute Gasteiger partial charge is 0.243 e. The highest BCUT2D eigenvalue weighted by Crippen LogP contribution is 2.09. The van der Waals surface area contributed by atoms with Crippen LogP contribution in [0.15, 0.2) is 30.3 Å². The molecule has 0 aliphatic carbocycles. The second-order valence-corrected chi connectivity index (χ2v) is 7.50. The van der Waals surface area contributed by atoms with Gasteiger partial charge in [0.15, 0.2) is 0 Å². The number of carbonyl (C=O) groups is 3. The van der Waals surface area contributed by atoms with E-state index in [0.717, 1.165) is 5.56 Å². The first-order valence-corrected chi connectivity index (χ1v) is 10.4. The molecular formula is C19H31ClN4O3S. The molecular weight excluding hydrogens is 400 g/mol. The molecule has 0 aliphatic rings. The molecule has 0 fully saturated rings. The number of nitrogens with two attached hydrogens (primary N) is 2. The molecule has 28 heavy (non-hydrogen) atoms. The van der Waals surface area contributed by atoms with E-state index >= 15 is 0 Å². The Morgan fingerprint density at radius 1 is 1.11 bits per heavy atom. The number of rotatable bonds is 11. The van der Waals surface area contributed by atoms with E-state index in [1.807, 2.05) is 50.4 Å². The number of nitrogens with one attached hydrogen (secondary N) is 2. The number of primary amides is 1. The lowest BCUT2D eigenvalue weighted by Crippen LogP contribution is -2.57. The highest BCUT2D eigenvalue weighted by molar-refractivity contribution is 7.98. The quantitative estimate of drug-likeness (QED) is 0.413. The van der Waals surface area contributed by atoms with Crippen molar-refractivity contribution in [3.8, 4) is 0 Å². The topological polar surface area (TPSA) is 127 Å². The lowest BCUT2D eigenvalue weighted by Gasteiger charge is -2.25. The molecule has 0 aromatic heterocycles.